The van der Waals surface area contributed by atoms with E-state index in [0.717, 1.165) is 19.5 Å². The fourth-order valence-electron chi connectivity index (χ4n) is 0.878. The second-order valence-electron chi connectivity index (χ2n) is 2.15. The van der Waals surface area contributed by atoms with E-state index in [-0.39, 0.29) is 0 Å². The third kappa shape index (κ3) is 2.19. The molecule has 0 saturated carbocycles. The first-order valence-corrected chi connectivity index (χ1v) is 3.40. The van der Waals surface area contributed by atoms with Gasteiger partial charge in [0.1, 0.15) is 7.11 Å². The minimum absolute atomic E-state index is 0.949. The van der Waals surface area contributed by atoms with E-state index in [1.807, 2.05) is 0 Å². The molecule has 10 heavy (non-hydrogen) atoms. The number of hydrogen-bond acceptors (Lipinski definition) is 3. The molecule has 0 unspecified atom stereocenters. The Hall–Kier alpha value is -0.830. The van der Waals surface area contributed by atoms with Crippen LogP contribution in [0, 0.1) is 0 Å². The van der Waals surface area contributed by atoms with Crippen molar-refractivity contribution in [1.29, 1.82) is 0 Å². The molecule has 0 bridgehead atoms. The Kier molecular flexibility index (Phi) is 2.96. The highest BCUT2D eigenvalue weighted by atomic mass is 16.6. The molecule has 0 spiro atoms. The predicted molar refractivity (Wildman–Crippen MR) is 41.1 cm³/mol. The van der Waals surface area contributed by atoms with Gasteiger partial charge in [0.2, 0.25) is 0 Å². The highest BCUT2D eigenvalue weighted by Gasteiger charge is 1.98. The maximum atomic E-state index is 4.55. The summed E-state index contributed by atoms with van der Waals surface area (Å²) >= 11 is 0. The topological polar surface area (TPSA) is 33.6 Å². The van der Waals surface area contributed by atoms with Crippen molar-refractivity contribution in [3.8, 4) is 0 Å². The van der Waals surface area contributed by atoms with E-state index in [9.17, 15) is 0 Å². The van der Waals surface area contributed by atoms with Crippen LogP contribution in [-0.4, -0.2) is 26.4 Å². The second-order valence-corrected chi connectivity index (χ2v) is 2.15. The summed E-state index contributed by atoms with van der Waals surface area (Å²) in [5.74, 6) is 0. The SMILES string of the molecule is CON=CC1=CCNCC1. The minimum atomic E-state index is 0.949. The normalized spacial score (nSPS) is 19.1. The number of rotatable bonds is 2. The molecular weight excluding hydrogens is 128 g/mol. The highest BCUT2D eigenvalue weighted by molar-refractivity contribution is 5.78. The van der Waals surface area contributed by atoms with Crippen LogP contribution in [0.1, 0.15) is 6.42 Å². The molecule has 1 heterocycles. The summed E-state index contributed by atoms with van der Waals surface area (Å²) in [5, 5.41) is 6.89. The first-order chi connectivity index (χ1) is 4.93. The number of oxime groups is 1. The van der Waals surface area contributed by atoms with Crippen LogP contribution >= 0.6 is 0 Å². The maximum Gasteiger partial charge on any atom is 0.106 e. The molecule has 0 saturated heterocycles. The summed E-state index contributed by atoms with van der Waals surface area (Å²) in [4.78, 5) is 4.55. The molecule has 3 nitrogen and oxygen atoms in total. The molecule has 0 aromatic carbocycles. The van der Waals surface area contributed by atoms with Crippen molar-refractivity contribution in [3.63, 3.8) is 0 Å². The molecule has 0 radical (unpaired) electrons. The van der Waals surface area contributed by atoms with Crippen LogP contribution < -0.4 is 5.32 Å². The summed E-state index contributed by atoms with van der Waals surface area (Å²) in [7, 11) is 1.55. The monoisotopic (exact) mass is 140 g/mol. The Labute approximate surface area is 60.7 Å². The molecule has 0 atom stereocenters. The van der Waals surface area contributed by atoms with Gasteiger partial charge in [0.05, 0.1) is 6.21 Å². The summed E-state index contributed by atoms with van der Waals surface area (Å²) in [6.07, 6.45) is 4.93. The summed E-state index contributed by atoms with van der Waals surface area (Å²) in [5.41, 5.74) is 1.25. The third-order valence-electron chi connectivity index (χ3n) is 1.42. The molecule has 1 aliphatic heterocycles. The fraction of sp³-hybridized carbons (Fsp3) is 0.571. The van der Waals surface area contributed by atoms with E-state index in [0.29, 0.717) is 0 Å². The van der Waals surface area contributed by atoms with E-state index in [1.54, 1.807) is 13.3 Å². The van der Waals surface area contributed by atoms with Crippen LogP contribution in [0.2, 0.25) is 0 Å². The Bertz CT molecular complexity index is 152. The van der Waals surface area contributed by atoms with Crippen molar-refractivity contribution in [2.75, 3.05) is 20.2 Å². The van der Waals surface area contributed by atoms with Crippen molar-refractivity contribution in [1.82, 2.24) is 5.32 Å². The van der Waals surface area contributed by atoms with Crippen LogP contribution in [-0.2, 0) is 4.84 Å². The van der Waals surface area contributed by atoms with Gasteiger partial charge in [0, 0.05) is 6.54 Å². The largest absolute Gasteiger partial charge is 0.399 e. The lowest BCUT2D eigenvalue weighted by Crippen LogP contribution is -2.20. The smallest absolute Gasteiger partial charge is 0.106 e. The van der Waals surface area contributed by atoms with E-state index < -0.39 is 0 Å². The quantitative estimate of drug-likeness (QED) is 0.448. The fourth-order valence-corrected chi connectivity index (χ4v) is 0.878. The summed E-state index contributed by atoms with van der Waals surface area (Å²) in [6.45, 7) is 1.99. The van der Waals surface area contributed by atoms with Crippen LogP contribution in [0.3, 0.4) is 0 Å². The van der Waals surface area contributed by atoms with Crippen molar-refractivity contribution < 1.29 is 4.84 Å². The molecular formula is C7H12N2O. The lowest BCUT2D eigenvalue weighted by molar-refractivity contribution is 0.215. The number of hydrogen-bond donors (Lipinski definition) is 1. The highest BCUT2D eigenvalue weighted by Crippen LogP contribution is 2.00. The molecule has 1 rings (SSSR count). The molecule has 0 aromatic heterocycles. The predicted octanol–water partition coefficient (Wildman–Crippen LogP) is 0.538. The van der Waals surface area contributed by atoms with E-state index in [4.69, 9.17) is 0 Å². The zero-order valence-corrected chi connectivity index (χ0v) is 6.13. The Morgan fingerprint density at radius 1 is 1.80 bits per heavy atom. The zero-order valence-electron chi connectivity index (χ0n) is 6.13. The van der Waals surface area contributed by atoms with E-state index >= 15 is 0 Å². The van der Waals surface area contributed by atoms with Gasteiger partial charge in [-0.05, 0) is 18.5 Å². The first kappa shape index (κ1) is 7.28. The van der Waals surface area contributed by atoms with Gasteiger partial charge in [0.15, 0.2) is 0 Å². The van der Waals surface area contributed by atoms with E-state index in [1.165, 1.54) is 5.57 Å². The van der Waals surface area contributed by atoms with Crippen molar-refractivity contribution >= 4 is 6.21 Å². The van der Waals surface area contributed by atoms with Gasteiger partial charge in [-0.1, -0.05) is 11.2 Å². The standard InChI is InChI=1S/C7H12N2O/c1-10-9-6-7-2-4-8-5-3-7/h2,6,8H,3-5H2,1H3. The molecule has 0 fully saturated rings. The van der Waals surface area contributed by atoms with Gasteiger partial charge < -0.3 is 10.2 Å². The lowest BCUT2D eigenvalue weighted by Gasteiger charge is -2.08. The van der Waals surface area contributed by atoms with Crippen molar-refractivity contribution in [2.24, 2.45) is 5.16 Å². The molecule has 1 aliphatic rings. The Morgan fingerprint density at radius 2 is 2.70 bits per heavy atom. The van der Waals surface area contributed by atoms with Gasteiger partial charge >= 0.3 is 0 Å². The van der Waals surface area contributed by atoms with E-state index in [2.05, 4.69) is 21.4 Å². The minimum Gasteiger partial charge on any atom is -0.399 e. The molecule has 0 aromatic rings. The van der Waals surface area contributed by atoms with Crippen LogP contribution in [0.15, 0.2) is 16.8 Å². The molecule has 56 valence electrons. The van der Waals surface area contributed by atoms with Gasteiger partial charge in [-0.15, -0.1) is 0 Å². The Morgan fingerprint density at radius 3 is 3.30 bits per heavy atom. The third-order valence-corrected chi connectivity index (χ3v) is 1.42. The van der Waals surface area contributed by atoms with Crippen LogP contribution in [0.4, 0.5) is 0 Å². The molecule has 1 N–H and O–H groups in total. The van der Waals surface area contributed by atoms with Gasteiger partial charge in [-0.25, -0.2) is 0 Å². The van der Waals surface area contributed by atoms with Gasteiger partial charge in [-0.3, -0.25) is 0 Å². The first-order valence-electron chi connectivity index (χ1n) is 3.40. The molecule has 0 amide bonds. The van der Waals surface area contributed by atoms with Gasteiger partial charge in [0.25, 0.3) is 0 Å². The van der Waals surface area contributed by atoms with Crippen molar-refractivity contribution in [3.05, 3.63) is 11.6 Å². The van der Waals surface area contributed by atoms with Crippen molar-refractivity contribution in [2.45, 2.75) is 6.42 Å². The molecule has 3 heteroatoms. The number of nitrogens with zero attached hydrogens (tertiary/aromatic N) is 1. The van der Waals surface area contributed by atoms with Crippen LogP contribution in [0.25, 0.3) is 0 Å². The molecule has 0 aliphatic carbocycles. The summed E-state index contributed by atoms with van der Waals surface area (Å²) in [6, 6.07) is 0. The lowest BCUT2D eigenvalue weighted by atomic mass is 10.1. The average Bonchev–Trinajstić information content (AvgIpc) is 2.03. The average molecular weight is 140 g/mol. The summed E-state index contributed by atoms with van der Waals surface area (Å²) < 4.78 is 0. The number of nitrogens with one attached hydrogen (secondary N) is 1. The van der Waals surface area contributed by atoms with Crippen LogP contribution in [0.5, 0.6) is 0 Å². The second kappa shape index (κ2) is 4.06. The zero-order chi connectivity index (χ0) is 7.23. The van der Waals surface area contributed by atoms with Gasteiger partial charge in [-0.2, -0.15) is 0 Å². The maximum absolute atomic E-state index is 4.55. The Balaban J connectivity index is 2.38.